The number of methoxy groups -OCH3 is 1. The van der Waals surface area contributed by atoms with E-state index in [0.717, 1.165) is 43.3 Å². The van der Waals surface area contributed by atoms with Gasteiger partial charge >= 0.3 is 0 Å². The Labute approximate surface area is 110 Å². The number of aromatic nitrogens is 2. The molecule has 5 heteroatoms. The topological polar surface area (TPSA) is 50.3 Å². The predicted octanol–water partition coefficient (Wildman–Crippen LogP) is 1.55. The fraction of sp³-hybridized carbons (Fsp3) is 0.692. The van der Waals surface area contributed by atoms with Gasteiger partial charge in [-0.05, 0) is 20.5 Å². The SMILES string of the molecule is CCCNc1cc(COC)nc(CCN(C)C)n1. The van der Waals surface area contributed by atoms with E-state index in [2.05, 4.69) is 41.2 Å². The van der Waals surface area contributed by atoms with Crippen molar-refractivity contribution >= 4 is 5.82 Å². The number of rotatable bonds is 8. The van der Waals surface area contributed by atoms with E-state index in [1.165, 1.54) is 0 Å². The zero-order valence-electron chi connectivity index (χ0n) is 11.9. The maximum atomic E-state index is 5.14. The van der Waals surface area contributed by atoms with Crippen molar-refractivity contribution < 1.29 is 4.74 Å². The highest BCUT2D eigenvalue weighted by atomic mass is 16.5. The van der Waals surface area contributed by atoms with Crippen LogP contribution >= 0.6 is 0 Å². The molecule has 0 aliphatic carbocycles. The van der Waals surface area contributed by atoms with Gasteiger partial charge in [0.05, 0.1) is 12.3 Å². The molecule has 0 radical (unpaired) electrons. The molecule has 0 saturated heterocycles. The maximum absolute atomic E-state index is 5.14. The van der Waals surface area contributed by atoms with Gasteiger partial charge in [-0.15, -0.1) is 0 Å². The minimum Gasteiger partial charge on any atom is -0.378 e. The molecule has 1 aromatic heterocycles. The molecule has 0 atom stereocenters. The van der Waals surface area contributed by atoms with Crippen LogP contribution in [0.2, 0.25) is 0 Å². The van der Waals surface area contributed by atoms with Crippen LogP contribution in [0.25, 0.3) is 0 Å². The zero-order chi connectivity index (χ0) is 13.4. The van der Waals surface area contributed by atoms with Crippen molar-refractivity contribution in [1.29, 1.82) is 0 Å². The normalized spacial score (nSPS) is 10.9. The molecular formula is C13H24N4O. The smallest absolute Gasteiger partial charge is 0.132 e. The number of hydrogen-bond acceptors (Lipinski definition) is 5. The summed E-state index contributed by atoms with van der Waals surface area (Å²) < 4.78 is 5.14. The van der Waals surface area contributed by atoms with E-state index >= 15 is 0 Å². The third-order valence-corrected chi connectivity index (χ3v) is 2.46. The molecule has 5 nitrogen and oxygen atoms in total. The Kier molecular flexibility index (Phi) is 6.60. The molecule has 1 aromatic rings. The van der Waals surface area contributed by atoms with Gasteiger partial charge in [-0.1, -0.05) is 6.92 Å². The number of nitrogens with one attached hydrogen (secondary N) is 1. The first kappa shape index (κ1) is 14.9. The minimum absolute atomic E-state index is 0.526. The van der Waals surface area contributed by atoms with Crippen molar-refractivity contribution in [3.05, 3.63) is 17.6 Å². The number of anilines is 1. The van der Waals surface area contributed by atoms with Crippen LogP contribution in [0.4, 0.5) is 5.82 Å². The quantitative estimate of drug-likeness (QED) is 0.760. The molecule has 0 aromatic carbocycles. The summed E-state index contributed by atoms with van der Waals surface area (Å²) >= 11 is 0. The minimum atomic E-state index is 0.526. The summed E-state index contributed by atoms with van der Waals surface area (Å²) in [6.45, 7) is 4.54. The lowest BCUT2D eigenvalue weighted by atomic mass is 10.3. The summed E-state index contributed by atoms with van der Waals surface area (Å²) in [4.78, 5) is 11.2. The second-order valence-electron chi connectivity index (χ2n) is 4.57. The third-order valence-electron chi connectivity index (χ3n) is 2.46. The molecule has 1 heterocycles. The van der Waals surface area contributed by atoms with Crippen LogP contribution in [0.5, 0.6) is 0 Å². The van der Waals surface area contributed by atoms with E-state index in [-0.39, 0.29) is 0 Å². The summed E-state index contributed by atoms with van der Waals surface area (Å²) in [6, 6.07) is 1.96. The lowest BCUT2D eigenvalue weighted by Crippen LogP contribution is -2.17. The van der Waals surface area contributed by atoms with Crippen LogP contribution < -0.4 is 5.32 Å². The first-order chi connectivity index (χ1) is 8.65. The van der Waals surface area contributed by atoms with E-state index in [1.807, 2.05) is 6.07 Å². The predicted molar refractivity (Wildman–Crippen MR) is 73.8 cm³/mol. The molecule has 0 aliphatic heterocycles. The van der Waals surface area contributed by atoms with Gasteiger partial charge in [0.15, 0.2) is 0 Å². The molecule has 1 rings (SSSR count). The third kappa shape index (κ3) is 5.42. The van der Waals surface area contributed by atoms with Gasteiger partial charge in [0.2, 0.25) is 0 Å². The molecule has 0 spiro atoms. The van der Waals surface area contributed by atoms with Crippen molar-refractivity contribution in [2.45, 2.75) is 26.4 Å². The highest BCUT2D eigenvalue weighted by Crippen LogP contribution is 2.09. The number of hydrogen-bond donors (Lipinski definition) is 1. The molecule has 0 saturated carbocycles. The number of nitrogens with zero attached hydrogens (tertiary/aromatic N) is 3. The number of ether oxygens (including phenoxy) is 1. The van der Waals surface area contributed by atoms with E-state index in [0.29, 0.717) is 6.61 Å². The first-order valence-electron chi connectivity index (χ1n) is 6.40. The molecular weight excluding hydrogens is 228 g/mol. The van der Waals surface area contributed by atoms with Gasteiger partial charge in [0.1, 0.15) is 11.6 Å². The van der Waals surface area contributed by atoms with E-state index in [1.54, 1.807) is 7.11 Å². The molecule has 0 amide bonds. The molecule has 18 heavy (non-hydrogen) atoms. The number of likely N-dealkylation sites (N-methyl/N-ethyl adjacent to an activating group) is 1. The van der Waals surface area contributed by atoms with Crippen molar-refractivity contribution in [2.24, 2.45) is 0 Å². The van der Waals surface area contributed by atoms with Crippen LogP contribution in [0.1, 0.15) is 24.9 Å². The first-order valence-corrected chi connectivity index (χ1v) is 6.40. The Morgan fingerprint density at radius 2 is 2.11 bits per heavy atom. The molecule has 102 valence electrons. The average molecular weight is 252 g/mol. The largest absolute Gasteiger partial charge is 0.378 e. The van der Waals surface area contributed by atoms with Crippen LogP contribution in [-0.2, 0) is 17.8 Å². The Morgan fingerprint density at radius 1 is 1.33 bits per heavy atom. The average Bonchev–Trinajstić information content (AvgIpc) is 2.34. The second kappa shape index (κ2) is 8.00. The lowest BCUT2D eigenvalue weighted by molar-refractivity contribution is 0.181. The Balaban J connectivity index is 2.76. The summed E-state index contributed by atoms with van der Waals surface area (Å²) in [5.74, 6) is 1.77. The van der Waals surface area contributed by atoms with E-state index in [4.69, 9.17) is 4.74 Å². The Morgan fingerprint density at radius 3 is 2.72 bits per heavy atom. The van der Waals surface area contributed by atoms with Crippen molar-refractivity contribution in [2.75, 3.05) is 39.6 Å². The van der Waals surface area contributed by atoms with E-state index < -0.39 is 0 Å². The van der Waals surface area contributed by atoms with Gasteiger partial charge in [-0.3, -0.25) is 0 Å². The highest BCUT2D eigenvalue weighted by Gasteiger charge is 2.05. The molecule has 0 aliphatic rings. The monoisotopic (exact) mass is 252 g/mol. The second-order valence-corrected chi connectivity index (χ2v) is 4.57. The Bertz CT molecular complexity index is 355. The van der Waals surface area contributed by atoms with Gasteiger partial charge in [0, 0.05) is 32.7 Å². The lowest BCUT2D eigenvalue weighted by Gasteiger charge is -2.11. The molecule has 1 N–H and O–H groups in total. The molecule has 0 bridgehead atoms. The van der Waals surface area contributed by atoms with Crippen LogP contribution in [0.15, 0.2) is 6.07 Å². The maximum Gasteiger partial charge on any atom is 0.132 e. The summed E-state index contributed by atoms with van der Waals surface area (Å²) in [5, 5.41) is 3.30. The van der Waals surface area contributed by atoms with Crippen LogP contribution in [-0.4, -0.2) is 49.2 Å². The van der Waals surface area contributed by atoms with E-state index in [9.17, 15) is 0 Å². The van der Waals surface area contributed by atoms with Gasteiger partial charge in [-0.25, -0.2) is 9.97 Å². The van der Waals surface area contributed by atoms with Crippen molar-refractivity contribution in [3.63, 3.8) is 0 Å². The van der Waals surface area contributed by atoms with Crippen LogP contribution in [0.3, 0.4) is 0 Å². The Hall–Kier alpha value is -1.20. The van der Waals surface area contributed by atoms with Gasteiger partial charge < -0.3 is 15.0 Å². The summed E-state index contributed by atoms with van der Waals surface area (Å²) in [5.41, 5.74) is 0.930. The fourth-order valence-corrected chi connectivity index (χ4v) is 1.55. The summed E-state index contributed by atoms with van der Waals surface area (Å²) in [6.07, 6.45) is 1.93. The van der Waals surface area contributed by atoms with Gasteiger partial charge in [-0.2, -0.15) is 0 Å². The van der Waals surface area contributed by atoms with Crippen molar-refractivity contribution in [3.8, 4) is 0 Å². The van der Waals surface area contributed by atoms with Gasteiger partial charge in [0.25, 0.3) is 0 Å². The van der Waals surface area contributed by atoms with Crippen molar-refractivity contribution in [1.82, 2.24) is 14.9 Å². The zero-order valence-corrected chi connectivity index (χ0v) is 11.9. The highest BCUT2D eigenvalue weighted by molar-refractivity contribution is 5.35. The molecule has 0 unspecified atom stereocenters. The molecule has 0 fully saturated rings. The fourth-order valence-electron chi connectivity index (χ4n) is 1.55. The summed E-state index contributed by atoms with van der Waals surface area (Å²) in [7, 11) is 5.78. The standard InChI is InChI=1S/C13H24N4O/c1-5-7-14-13-9-11(10-18-4)15-12(16-13)6-8-17(2)3/h9H,5-8,10H2,1-4H3,(H,14,15,16). The van der Waals surface area contributed by atoms with Crippen LogP contribution in [0, 0.1) is 0 Å².